The third-order valence-corrected chi connectivity index (χ3v) is 2.79. The van der Waals surface area contributed by atoms with E-state index in [1.54, 1.807) is 0 Å². The van der Waals surface area contributed by atoms with Crippen molar-refractivity contribution in [3.63, 3.8) is 0 Å². The van der Waals surface area contributed by atoms with Crippen LogP contribution in [-0.4, -0.2) is 33.8 Å². The predicted molar refractivity (Wildman–Crippen MR) is 78.6 cm³/mol. The Hall–Kier alpha value is -1.22. The lowest BCUT2D eigenvalue weighted by molar-refractivity contribution is 0.256. The second kappa shape index (κ2) is 7.98. The minimum atomic E-state index is 0.527. The first-order valence-corrected chi connectivity index (χ1v) is 6.74. The summed E-state index contributed by atoms with van der Waals surface area (Å²) in [5, 5.41) is 3.41. The average molecular weight is 250 g/mol. The molecule has 0 aliphatic heterocycles. The Morgan fingerprint density at radius 2 is 2.11 bits per heavy atom. The van der Waals surface area contributed by atoms with Gasteiger partial charge in [0, 0.05) is 38.3 Å². The zero-order valence-corrected chi connectivity index (χ0v) is 12.1. The van der Waals surface area contributed by atoms with Crippen molar-refractivity contribution in [2.75, 3.05) is 38.7 Å². The topological polar surface area (TPSA) is 24.5 Å². The molecule has 3 nitrogen and oxygen atoms in total. The van der Waals surface area contributed by atoms with E-state index in [4.69, 9.17) is 4.74 Å². The van der Waals surface area contributed by atoms with Gasteiger partial charge in [0.15, 0.2) is 0 Å². The highest BCUT2D eigenvalue weighted by Gasteiger charge is 2.03. The van der Waals surface area contributed by atoms with E-state index in [1.165, 1.54) is 12.1 Å². The van der Waals surface area contributed by atoms with Crippen molar-refractivity contribution in [1.29, 1.82) is 0 Å². The zero-order chi connectivity index (χ0) is 13.4. The summed E-state index contributed by atoms with van der Waals surface area (Å²) in [6, 6.07) is 8.20. The van der Waals surface area contributed by atoms with Crippen LogP contribution >= 0.6 is 0 Å². The maximum Gasteiger partial charge on any atom is 0.121 e. The second-order valence-corrected chi connectivity index (χ2v) is 5.01. The number of nitrogens with zero attached hydrogens (tertiary/aromatic N) is 1. The lowest BCUT2D eigenvalue weighted by Gasteiger charge is -2.16. The molecule has 0 fully saturated rings. The van der Waals surface area contributed by atoms with E-state index in [1.807, 2.05) is 26.2 Å². The van der Waals surface area contributed by atoms with E-state index in [0.717, 1.165) is 25.4 Å². The molecule has 1 N–H and O–H groups in total. The molecule has 1 unspecified atom stereocenters. The fraction of sp³-hybridized carbons (Fsp3) is 0.600. The van der Waals surface area contributed by atoms with Crippen LogP contribution in [0.3, 0.4) is 0 Å². The summed E-state index contributed by atoms with van der Waals surface area (Å²) in [7, 11) is 4.08. The molecule has 0 saturated carbocycles. The van der Waals surface area contributed by atoms with E-state index in [-0.39, 0.29) is 0 Å². The number of hydrogen-bond donors (Lipinski definition) is 1. The van der Waals surface area contributed by atoms with E-state index < -0.39 is 0 Å². The molecule has 0 aliphatic carbocycles. The van der Waals surface area contributed by atoms with Crippen molar-refractivity contribution in [2.24, 2.45) is 5.92 Å². The third-order valence-electron chi connectivity index (χ3n) is 2.79. The smallest absolute Gasteiger partial charge is 0.121 e. The van der Waals surface area contributed by atoms with Gasteiger partial charge in [0.1, 0.15) is 5.75 Å². The molecule has 3 heteroatoms. The van der Waals surface area contributed by atoms with Crippen LogP contribution in [0.4, 0.5) is 5.69 Å². The highest BCUT2D eigenvalue weighted by Crippen LogP contribution is 2.19. The average Bonchev–Trinajstić information content (AvgIpc) is 2.37. The first-order valence-electron chi connectivity index (χ1n) is 6.74. The second-order valence-electron chi connectivity index (χ2n) is 5.01. The first kappa shape index (κ1) is 14.8. The monoisotopic (exact) mass is 250 g/mol. The van der Waals surface area contributed by atoms with Crippen molar-refractivity contribution in [2.45, 2.75) is 20.3 Å². The first-order chi connectivity index (χ1) is 8.63. The van der Waals surface area contributed by atoms with Gasteiger partial charge in [0.25, 0.3) is 0 Å². The number of ether oxygens (including phenoxy) is 1. The standard InChI is InChI=1S/C15H26N2O/c1-5-9-16-11-13(2)12-18-15-8-6-7-14(10-15)17(3)4/h6-8,10,13,16H,5,9,11-12H2,1-4H3. The summed E-state index contributed by atoms with van der Waals surface area (Å²) in [5.41, 5.74) is 1.17. The number of rotatable bonds is 8. The summed E-state index contributed by atoms with van der Waals surface area (Å²) in [6.45, 7) is 7.24. The highest BCUT2D eigenvalue weighted by atomic mass is 16.5. The van der Waals surface area contributed by atoms with Crippen LogP contribution in [0.2, 0.25) is 0 Å². The molecule has 1 atom stereocenters. The Balaban J connectivity index is 2.36. The normalized spacial score (nSPS) is 12.2. The Morgan fingerprint density at radius 1 is 1.33 bits per heavy atom. The molecule has 0 heterocycles. The van der Waals surface area contributed by atoms with Crippen molar-refractivity contribution < 1.29 is 4.74 Å². The SMILES string of the molecule is CCCNCC(C)COc1cccc(N(C)C)c1. The van der Waals surface area contributed by atoms with Gasteiger partial charge in [-0.05, 0) is 25.1 Å². The molecule has 0 radical (unpaired) electrons. The molecule has 0 spiro atoms. The van der Waals surface area contributed by atoms with Crippen molar-refractivity contribution in [3.05, 3.63) is 24.3 Å². The fourth-order valence-electron chi connectivity index (χ4n) is 1.67. The van der Waals surface area contributed by atoms with Crippen molar-refractivity contribution in [1.82, 2.24) is 5.32 Å². The molecule has 1 rings (SSSR count). The lowest BCUT2D eigenvalue weighted by atomic mass is 10.2. The summed E-state index contributed by atoms with van der Waals surface area (Å²) in [6.07, 6.45) is 1.18. The largest absolute Gasteiger partial charge is 0.493 e. The van der Waals surface area contributed by atoms with Crippen LogP contribution in [0, 0.1) is 5.92 Å². The molecule has 102 valence electrons. The molecular formula is C15H26N2O. The summed E-state index contributed by atoms with van der Waals surface area (Å²) < 4.78 is 5.82. The lowest BCUT2D eigenvalue weighted by Crippen LogP contribution is -2.25. The number of anilines is 1. The van der Waals surface area contributed by atoms with Gasteiger partial charge in [-0.15, -0.1) is 0 Å². The Morgan fingerprint density at radius 3 is 2.78 bits per heavy atom. The number of nitrogens with one attached hydrogen (secondary N) is 1. The molecule has 0 amide bonds. The minimum absolute atomic E-state index is 0.527. The number of benzene rings is 1. The van der Waals surface area contributed by atoms with Crippen LogP contribution in [-0.2, 0) is 0 Å². The van der Waals surface area contributed by atoms with Crippen LogP contribution in [0.1, 0.15) is 20.3 Å². The highest BCUT2D eigenvalue weighted by molar-refractivity contribution is 5.49. The Kier molecular flexibility index (Phi) is 6.58. The van der Waals surface area contributed by atoms with Gasteiger partial charge in [-0.2, -0.15) is 0 Å². The maximum atomic E-state index is 5.82. The predicted octanol–water partition coefficient (Wildman–Crippen LogP) is 2.77. The third kappa shape index (κ3) is 5.41. The molecule has 1 aromatic carbocycles. The van der Waals surface area contributed by atoms with Crippen LogP contribution in [0.25, 0.3) is 0 Å². The van der Waals surface area contributed by atoms with Gasteiger partial charge in [0.05, 0.1) is 6.61 Å². The molecular weight excluding hydrogens is 224 g/mol. The molecule has 1 aromatic rings. The van der Waals surface area contributed by atoms with Crippen LogP contribution < -0.4 is 15.0 Å². The van der Waals surface area contributed by atoms with Crippen molar-refractivity contribution >= 4 is 5.69 Å². The van der Waals surface area contributed by atoms with Crippen molar-refractivity contribution in [3.8, 4) is 5.75 Å². The molecule has 0 aliphatic rings. The molecule has 18 heavy (non-hydrogen) atoms. The Labute approximate surface area is 111 Å². The molecule has 0 saturated heterocycles. The van der Waals surface area contributed by atoms with Gasteiger partial charge in [-0.25, -0.2) is 0 Å². The van der Waals surface area contributed by atoms with Gasteiger partial charge in [-0.1, -0.05) is 19.9 Å². The Bertz CT molecular complexity index is 339. The number of hydrogen-bond acceptors (Lipinski definition) is 3. The summed E-state index contributed by atoms with van der Waals surface area (Å²) in [4.78, 5) is 2.08. The van der Waals surface area contributed by atoms with Gasteiger partial charge >= 0.3 is 0 Å². The van der Waals surface area contributed by atoms with Gasteiger partial charge < -0.3 is 15.0 Å². The zero-order valence-electron chi connectivity index (χ0n) is 12.1. The molecule has 0 bridgehead atoms. The fourth-order valence-corrected chi connectivity index (χ4v) is 1.67. The quantitative estimate of drug-likeness (QED) is 0.718. The van der Waals surface area contributed by atoms with E-state index in [0.29, 0.717) is 5.92 Å². The van der Waals surface area contributed by atoms with Crippen LogP contribution in [0.15, 0.2) is 24.3 Å². The molecule has 0 aromatic heterocycles. The van der Waals surface area contributed by atoms with Gasteiger partial charge in [0.2, 0.25) is 0 Å². The maximum absolute atomic E-state index is 5.82. The summed E-state index contributed by atoms with van der Waals surface area (Å²) in [5.74, 6) is 1.48. The van der Waals surface area contributed by atoms with E-state index in [2.05, 4.69) is 36.2 Å². The van der Waals surface area contributed by atoms with Crippen LogP contribution in [0.5, 0.6) is 5.75 Å². The van der Waals surface area contributed by atoms with E-state index in [9.17, 15) is 0 Å². The minimum Gasteiger partial charge on any atom is -0.493 e. The van der Waals surface area contributed by atoms with Gasteiger partial charge in [-0.3, -0.25) is 0 Å². The van der Waals surface area contributed by atoms with E-state index >= 15 is 0 Å². The summed E-state index contributed by atoms with van der Waals surface area (Å²) >= 11 is 0.